The zero-order chi connectivity index (χ0) is 16.7. The molecule has 1 aromatic rings. The van der Waals surface area contributed by atoms with Crippen molar-refractivity contribution in [1.82, 2.24) is 15.1 Å². The number of likely N-dealkylation sites (N-methyl/N-ethyl adjacent to an activating group) is 1. The molecule has 1 aromatic carbocycles. The van der Waals surface area contributed by atoms with Crippen molar-refractivity contribution < 1.29 is 4.39 Å². The fourth-order valence-electron chi connectivity index (χ4n) is 2.73. The maximum Gasteiger partial charge on any atom is 0.194 e. The van der Waals surface area contributed by atoms with Crippen LogP contribution in [0.4, 0.5) is 4.39 Å². The quantitative estimate of drug-likeness (QED) is 0.590. The average molecular weight is 320 g/mol. The molecule has 23 heavy (non-hydrogen) atoms. The molecule has 0 radical (unpaired) electrons. The predicted molar refractivity (Wildman–Crippen MR) is 94.1 cm³/mol. The van der Waals surface area contributed by atoms with Gasteiger partial charge in [-0.2, -0.15) is 0 Å². The van der Waals surface area contributed by atoms with Crippen LogP contribution in [0, 0.1) is 5.82 Å². The predicted octanol–water partition coefficient (Wildman–Crippen LogP) is 2.71. The van der Waals surface area contributed by atoms with Gasteiger partial charge in [0.25, 0.3) is 0 Å². The maximum absolute atomic E-state index is 13.0. The first-order chi connectivity index (χ1) is 11.1. The number of nitrogens with one attached hydrogen (secondary N) is 1. The SMILES string of the molecule is CCNC(=NCCN(CC)C1CC1)N(C)Cc1ccc(F)cc1. The van der Waals surface area contributed by atoms with Gasteiger partial charge in [0.05, 0.1) is 6.54 Å². The highest BCUT2D eigenvalue weighted by molar-refractivity contribution is 5.79. The van der Waals surface area contributed by atoms with E-state index in [4.69, 9.17) is 4.99 Å². The van der Waals surface area contributed by atoms with Crippen LogP contribution in [0.25, 0.3) is 0 Å². The van der Waals surface area contributed by atoms with Crippen molar-refractivity contribution in [3.63, 3.8) is 0 Å². The van der Waals surface area contributed by atoms with Crippen molar-refractivity contribution in [2.75, 3.05) is 33.2 Å². The van der Waals surface area contributed by atoms with Crippen LogP contribution in [0.5, 0.6) is 0 Å². The number of hydrogen-bond donors (Lipinski definition) is 1. The lowest BCUT2D eigenvalue weighted by atomic mass is 10.2. The first-order valence-corrected chi connectivity index (χ1v) is 8.62. The van der Waals surface area contributed by atoms with E-state index < -0.39 is 0 Å². The Hall–Kier alpha value is -1.62. The maximum atomic E-state index is 13.0. The Balaban J connectivity index is 1.89. The molecule has 5 heteroatoms. The van der Waals surface area contributed by atoms with Crippen LogP contribution in [-0.2, 0) is 6.54 Å². The van der Waals surface area contributed by atoms with Crippen molar-refractivity contribution in [1.29, 1.82) is 0 Å². The van der Waals surface area contributed by atoms with Crippen molar-refractivity contribution in [3.8, 4) is 0 Å². The number of guanidine groups is 1. The zero-order valence-electron chi connectivity index (χ0n) is 14.6. The Kier molecular flexibility index (Phi) is 6.84. The summed E-state index contributed by atoms with van der Waals surface area (Å²) in [5.41, 5.74) is 1.08. The molecule has 1 aliphatic rings. The average Bonchev–Trinajstić information content (AvgIpc) is 3.37. The second-order valence-corrected chi connectivity index (χ2v) is 6.08. The minimum atomic E-state index is -0.197. The molecule has 128 valence electrons. The Morgan fingerprint density at radius 3 is 2.52 bits per heavy atom. The summed E-state index contributed by atoms with van der Waals surface area (Å²) in [5, 5.41) is 3.33. The van der Waals surface area contributed by atoms with E-state index in [9.17, 15) is 4.39 Å². The first kappa shape index (κ1) is 17.7. The second-order valence-electron chi connectivity index (χ2n) is 6.08. The molecule has 0 atom stereocenters. The smallest absolute Gasteiger partial charge is 0.194 e. The van der Waals surface area contributed by atoms with Crippen LogP contribution in [-0.4, -0.2) is 55.0 Å². The van der Waals surface area contributed by atoms with E-state index in [0.29, 0.717) is 6.54 Å². The van der Waals surface area contributed by atoms with E-state index in [2.05, 4.69) is 29.0 Å². The highest BCUT2D eigenvalue weighted by Gasteiger charge is 2.27. The van der Waals surface area contributed by atoms with Crippen LogP contribution in [0.2, 0.25) is 0 Å². The van der Waals surface area contributed by atoms with E-state index in [1.807, 2.05) is 19.2 Å². The van der Waals surface area contributed by atoms with Gasteiger partial charge < -0.3 is 10.2 Å². The summed E-state index contributed by atoms with van der Waals surface area (Å²) in [4.78, 5) is 9.34. The second kappa shape index (κ2) is 8.87. The first-order valence-electron chi connectivity index (χ1n) is 8.62. The van der Waals surface area contributed by atoms with Crippen LogP contribution in [0.15, 0.2) is 29.3 Å². The van der Waals surface area contributed by atoms with Crippen LogP contribution in [0.3, 0.4) is 0 Å². The van der Waals surface area contributed by atoms with Gasteiger partial charge in [-0.3, -0.25) is 9.89 Å². The molecule has 0 heterocycles. The molecule has 1 saturated carbocycles. The molecule has 0 bridgehead atoms. The molecule has 0 spiro atoms. The molecule has 1 N–H and O–H groups in total. The highest BCUT2D eigenvalue weighted by atomic mass is 19.1. The van der Waals surface area contributed by atoms with Gasteiger partial charge in [0.2, 0.25) is 0 Å². The lowest BCUT2D eigenvalue weighted by Gasteiger charge is -2.23. The van der Waals surface area contributed by atoms with Gasteiger partial charge in [0, 0.05) is 32.7 Å². The third kappa shape index (κ3) is 5.82. The standard InChI is InChI=1S/C18H29FN4/c1-4-20-18(21-12-13-23(5-2)17-10-11-17)22(3)14-15-6-8-16(19)9-7-15/h6-9,17H,4-5,10-14H2,1-3H3,(H,20,21). The molecule has 1 aliphatic carbocycles. The van der Waals surface area contributed by atoms with Gasteiger partial charge in [-0.25, -0.2) is 4.39 Å². The minimum Gasteiger partial charge on any atom is -0.357 e. The van der Waals surface area contributed by atoms with Gasteiger partial charge in [-0.15, -0.1) is 0 Å². The molecule has 0 aromatic heterocycles. The molecular formula is C18H29FN4. The molecule has 0 unspecified atom stereocenters. The number of halogens is 1. The van der Waals surface area contributed by atoms with Gasteiger partial charge in [0.1, 0.15) is 5.82 Å². The van der Waals surface area contributed by atoms with Gasteiger partial charge in [0.15, 0.2) is 5.96 Å². The molecule has 1 fully saturated rings. The molecule has 0 aliphatic heterocycles. The summed E-state index contributed by atoms with van der Waals surface area (Å²) in [6, 6.07) is 7.43. The van der Waals surface area contributed by atoms with Crippen molar-refractivity contribution >= 4 is 5.96 Å². The molecule has 0 saturated heterocycles. The van der Waals surface area contributed by atoms with E-state index in [1.165, 1.54) is 25.0 Å². The summed E-state index contributed by atoms with van der Waals surface area (Å²) in [5.74, 6) is 0.709. The Morgan fingerprint density at radius 1 is 1.26 bits per heavy atom. The summed E-state index contributed by atoms with van der Waals surface area (Å²) in [6.07, 6.45) is 2.67. The number of rotatable bonds is 8. The van der Waals surface area contributed by atoms with E-state index in [1.54, 1.807) is 0 Å². The molecular weight excluding hydrogens is 291 g/mol. The molecule has 0 amide bonds. The monoisotopic (exact) mass is 320 g/mol. The Bertz CT molecular complexity index is 496. The zero-order valence-corrected chi connectivity index (χ0v) is 14.6. The van der Waals surface area contributed by atoms with E-state index >= 15 is 0 Å². The number of benzene rings is 1. The summed E-state index contributed by atoms with van der Waals surface area (Å²) in [7, 11) is 2.02. The fraction of sp³-hybridized carbons (Fsp3) is 0.611. The Labute approximate surface area is 139 Å². The van der Waals surface area contributed by atoms with Crippen molar-refractivity contribution in [3.05, 3.63) is 35.6 Å². The lowest BCUT2D eigenvalue weighted by molar-refractivity contribution is 0.285. The summed E-state index contributed by atoms with van der Waals surface area (Å²) >= 11 is 0. The largest absolute Gasteiger partial charge is 0.357 e. The van der Waals surface area contributed by atoms with Gasteiger partial charge in [-0.05, 0) is 44.0 Å². The number of aliphatic imine (C=N–C) groups is 1. The molecule has 2 rings (SSSR count). The van der Waals surface area contributed by atoms with E-state index in [-0.39, 0.29) is 5.82 Å². The Morgan fingerprint density at radius 2 is 1.96 bits per heavy atom. The fourth-order valence-corrected chi connectivity index (χ4v) is 2.73. The van der Waals surface area contributed by atoms with Gasteiger partial charge >= 0.3 is 0 Å². The summed E-state index contributed by atoms with van der Waals surface area (Å²) in [6.45, 7) is 8.76. The third-order valence-corrected chi connectivity index (χ3v) is 4.15. The highest BCUT2D eigenvalue weighted by Crippen LogP contribution is 2.25. The molecule has 4 nitrogen and oxygen atoms in total. The summed E-state index contributed by atoms with van der Waals surface area (Å²) < 4.78 is 13.0. The van der Waals surface area contributed by atoms with E-state index in [0.717, 1.165) is 43.7 Å². The minimum absolute atomic E-state index is 0.197. The van der Waals surface area contributed by atoms with Crippen LogP contribution >= 0.6 is 0 Å². The number of hydrogen-bond acceptors (Lipinski definition) is 2. The van der Waals surface area contributed by atoms with Gasteiger partial charge in [-0.1, -0.05) is 19.1 Å². The van der Waals surface area contributed by atoms with Crippen molar-refractivity contribution in [2.24, 2.45) is 4.99 Å². The lowest BCUT2D eigenvalue weighted by Crippen LogP contribution is -2.39. The number of nitrogens with zero attached hydrogens (tertiary/aromatic N) is 3. The topological polar surface area (TPSA) is 30.9 Å². The van der Waals surface area contributed by atoms with Crippen LogP contribution in [0.1, 0.15) is 32.3 Å². The van der Waals surface area contributed by atoms with Crippen molar-refractivity contribution in [2.45, 2.75) is 39.3 Å². The normalized spacial score (nSPS) is 15.1. The van der Waals surface area contributed by atoms with Crippen LogP contribution < -0.4 is 5.32 Å². The third-order valence-electron chi connectivity index (χ3n) is 4.15.